The molecule has 0 bridgehead atoms. The third kappa shape index (κ3) is 2.26. The third-order valence-corrected chi connectivity index (χ3v) is 4.83. The molecule has 0 radical (unpaired) electrons. The molecule has 3 rings (SSSR count). The van der Waals surface area contributed by atoms with Gasteiger partial charge >= 0.3 is 0 Å². The first-order valence-corrected chi connectivity index (χ1v) is 7.79. The van der Waals surface area contributed by atoms with Crippen LogP contribution in [0.1, 0.15) is 28.3 Å². The Kier molecular flexibility index (Phi) is 3.60. The molecule has 1 aromatic heterocycles. The maximum absolute atomic E-state index is 3.48. The Labute approximate surface area is 124 Å². The van der Waals surface area contributed by atoms with Crippen LogP contribution in [0.2, 0.25) is 0 Å². The largest absolute Gasteiger partial charge is 0.309 e. The number of thiophene rings is 1. The molecule has 2 heteroatoms. The van der Waals surface area contributed by atoms with Gasteiger partial charge in [-0.25, -0.2) is 0 Å². The number of hydrogen-bond acceptors (Lipinski definition) is 2. The summed E-state index contributed by atoms with van der Waals surface area (Å²) < 4.78 is 1.35. The molecule has 1 heterocycles. The van der Waals surface area contributed by atoms with Crippen molar-refractivity contribution in [1.29, 1.82) is 0 Å². The van der Waals surface area contributed by atoms with Crippen LogP contribution in [-0.4, -0.2) is 7.05 Å². The van der Waals surface area contributed by atoms with Gasteiger partial charge in [-0.1, -0.05) is 42.0 Å². The fourth-order valence-corrected chi connectivity index (χ4v) is 3.84. The van der Waals surface area contributed by atoms with Gasteiger partial charge in [-0.05, 0) is 54.4 Å². The molecule has 0 saturated carbocycles. The normalized spacial score (nSPS) is 12.8. The summed E-state index contributed by atoms with van der Waals surface area (Å²) in [5.41, 5.74) is 5.40. The van der Waals surface area contributed by atoms with Crippen LogP contribution in [-0.2, 0) is 0 Å². The van der Waals surface area contributed by atoms with E-state index in [0.717, 1.165) is 0 Å². The maximum Gasteiger partial charge on any atom is 0.0591 e. The minimum absolute atomic E-state index is 0.256. The van der Waals surface area contributed by atoms with Crippen LogP contribution < -0.4 is 5.32 Å². The lowest BCUT2D eigenvalue weighted by atomic mass is 9.94. The molecule has 1 N–H and O–H groups in total. The average molecular weight is 281 g/mol. The topological polar surface area (TPSA) is 12.0 Å². The van der Waals surface area contributed by atoms with E-state index in [1.165, 1.54) is 32.3 Å². The van der Waals surface area contributed by atoms with Gasteiger partial charge in [0.1, 0.15) is 0 Å². The third-order valence-electron chi connectivity index (χ3n) is 3.85. The molecule has 0 spiro atoms. The quantitative estimate of drug-likeness (QED) is 0.725. The van der Waals surface area contributed by atoms with Crippen molar-refractivity contribution in [3.8, 4) is 0 Å². The number of nitrogens with one attached hydrogen (secondary N) is 1. The van der Waals surface area contributed by atoms with Gasteiger partial charge in [0.2, 0.25) is 0 Å². The average Bonchev–Trinajstić information content (AvgIpc) is 2.86. The van der Waals surface area contributed by atoms with Crippen molar-refractivity contribution >= 4 is 21.4 Å². The lowest BCUT2D eigenvalue weighted by Gasteiger charge is -2.19. The van der Waals surface area contributed by atoms with Crippen LogP contribution in [0.15, 0.2) is 47.8 Å². The summed E-state index contributed by atoms with van der Waals surface area (Å²) in [5, 5.41) is 7.12. The van der Waals surface area contributed by atoms with Gasteiger partial charge in [-0.3, -0.25) is 0 Å². The molecule has 0 fully saturated rings. The highest BCUT2D eigenvalue weighted by Gasteiger charge is 2.17. The smallest absolute Gasteiger partial charge is 0.0591 e. The molecule has 2 aromatic carbocycles. The fraction of sp³-hybridized carbons (Fsp3) is 0.222. The van der Waals surface area contributed by atoms with E-state index >= 15 is 0 Å². The molecule has 0 aliphatic carbocycles. The van der Waals surface area contributed by atoms with Gasteiger partial charge in [0.15, 0.2) is 0 Å². The van der Waals surface area contributed by atoms with Gasteiger partial charge in [-0.15, -0.1) is 11.3 Å². The molecule has 1 atom stereocenters. The SMILES string of the molecule is CNC(c1ccc(C)cc1C)c1csc2ccccc12. The number of aryl methyl sites for hydroxylation is 2. The molecule has 0 aliphatic heterocycles. The number of hydrogen-bond donors (Lipinski definition) is 1. The summed E-state index contributed by atoms with van der Waals surface area (Å²) >= 11 is 1.82. The van der Waals surface area contributed by atoms with Gasteiger partial charge in [0.25, 0.3) is 0 Å². The second-order valence-electron chi connectivity index (χ2n) is 5.27. The molecule has 102 valence electrons. The highest BCUT2D eigenvalue weighted by molar-refractivity contribution is 7.17. The number of fused-ring (bicyclic) bond motifs is 1. The Morgan fingerprint density at radius 2 is 1.80 bits per heavy atom. The first kappa shape index (κ1) is 13.3. The van der Waals surface area contributed by atoms with E-state index in [-0.39, 0.29) is 6.04 Å². The van der Waals surface area contributed by atoms with Gasteiger partial charge in [0, 0.05) is 4.70 Å². The molecule has 1 nitrogen and oxygen atoms in total. The van der Waals surface area contributed by atoms with Crippen LogP contribution in [0.5, 0.6) is 0 Å². The van der Waals surface area contributed by atoms with Gasteiger partial charge in [0.05, 0.1) is 6.04 Å². The lowest BCUT2D eigenvalue weighted by Crippen LogP contribution is -2.18. The van der Waals surface area contributed by atoms with E-state index in [9.17, 15) is 0 Å². The van der Waals surface area contributed by atoms with E-state index in [4.69, 9.17) is 0 Å². The van der Waals surface area contributed by atoms with E-state index in [1.54, 1.807) is 0 Å². The standard InChI is InChI=1S/C18H19NS/c1-12-8-9-14(13(2)10-12)18(19-3)16-11-20-17-7-5-4-6-15(16)17/h4-11,18-19H,1-3H3. The van der Waals surface area contributed by atoms with Gasteiger partial charge in [-0.2, -0.15) is 0 Å². The Balaban J connectivity index is 2.14. The summed E-state index contributed by atoms with van der Waals surface area (Å²) in [6.45, 7) is 4.34. The molecule has 0 amide bonds. The van der Waals surface area contributed by atoms with Crippen molar-refractivity contribution in [2.24, 2.45) is 0 Å². The van der Waals surface area contributed by atoms with Crippen LogP contribution in [0, 0.1) is 13.8 Å². The monoisotopic (exact) mass is 281 g/mol. The Morgan fingerprint density at radius 1 is 1.00 bits per heavy atom. The van der Waals surface area contributed by atoms with Crippen LogP contribution in [0.25, 0.3) is 10.1 Å². The highest BCUT2D eigenvalue weighted by atomic mass is 32.1. The summed E-state index contributed by atoms with van der Waals surface area (Å²) in [7, 11) is 2.04. The van der Waals surface area contributed by atoms with E-state index in [2.05, 4.69) is 67.0 Å². The summed E-state index contributed by atoms with van der Waals surface area (Å²) in [4.78, 5) is 0. The van der Waals surface area contributed by atoms with Crippen molar-refractivity contribution in [1.82, 2.24) is 5.32 Å². The van der Waals surface area contributed by atoms with Crippen molar-refractivity contribution in [3.05, 3.63) is 70.1 Å². The van der Waals surface area contributed by atoms with Gasteiger partial charge < -0.3 is 5.32 Å². The molecule has 20 heavy (non-hydrogen) atoms. The maximum atomic E-state index is 3.48. The van der Waals surface area contributed by atoms with Crippen LogP contribution in [0.4, 0.5) is 0 Å². The van der Waals surface area contributed by atoms with Crippen molar-refractivity contribution < 1.29 is 0 Å². The molecule has 0 aliphatic rings. The van der Waals surface area contributed by atoms with Crippen LogP contribution in [0.3, 0.4) is 0 Å². The van der Waals surface area contributed by atoms with Crippen molar-refractivity contribution in [3.63, 3.8) is 0 Å². The highest BCUT2D eigenvalue weighted by Crippen LogP contribution is 2.34. The molecule has 0 saturated heterocycles. The lowest BCUT2D eigenvalue weighted by molar-refractivity contribution is 0.694. The Hall–Kier alpha value is -1.64. The zero-order chi connectivity index (χ0) is 14.1. The predicted octanol–water partition coefficient (Wildman–Crippen LogP) is 4.83. The van der Waals surface area contributed by atoms with E-state index < -0.39 is 0 Å². The van der Waals surface area contributed by atoms with Crippen molar-refractivity contribution in [2.75, 3.05) is 7.05 Å². The van der Waals surface area contributed by atoms with Crippen molar-refractivity contribution in [2.45, 2.75) is 19.9 Å². The zero-order valence-electron chi connectivity index (χ0n) is 12.1. The minimum Gasteiger partial charge on any atom is -0.309 e. The number of benzene rings is 2. The fourth-order valence-electron chi connectivity index (χ4n) is 2.85. The zero-order valence-corrected chi connectivity index (χ0v) is 12.9. The molecular formula is C18H19NS. The van der Waals surface area contributed by atoms with E-state index in [0.29, 0.717) is 0 Å². The Morgan fingerprint density at radius 3 is 2.55 bits per heavy atom. The molecule has 3 aromatic rings. The van der Waals surface area contributed by atoms with E-state index in [1.807, 2.05) is 18.4 Å². The molecule has 1 unspecified atom stereocenters. The first-order chi connectivity index (χ1) is 9.70. The predicted molar refractivity (Wildman–Crippen MR) is 88.6 cm³/mol. The second-order valence-corrected chi connectivity index (χ2v) is 6.18. The minimum atomic E-state index is 0.256. The summed E-state index contributed by atoms with van der Waals surface area (Å²) in [5.74, 6) is 0. The summed E-state index contributed by atoms with van der Waals surface area (Å²) in [6.07, 6.45) is 0. The number of rotatable bonds is 3. The first-order valence-electron chi connectivity index (χ1n) is 6.91. The Bertz CT molecular complexity index is 742. The van der Waals surface area contributed by atoms with Crippen LogP contribution >= 0.6 is 11.3 Å². The second kappa shape index (κ2) is 5.39. The summed E-state index contributed by atoms with van der Waals surface area (Å²) in [6, 6.07) is 15.6. The molecular weight excluding hydrogens is 262 g/mol.